The number of aromatic nitrogens is 1. The number of alkyl halides is 3. The van der Waals surface area contributed by atoms with Gasteiger partial charge in [-0.05, 0) is 11.5 Å². The molecule has 9 heteroatoms. The van der Waals surface area contributed by atoms with Crippen molar-refractivity contribution in [3.8, 4) is 10.6 Å². The van der Waals surface area contributed by atoms with Crippen LogP contribution in [0.3, 0.4) is 0 Å². The zero-order valence-corrected chi connectivity index (χ0v) is 15.6. The molecule has 1 heterocycles. The highest BCUT2D eigenvalue weighted by Gasteiger charge is 2.27. The summed E-state index contributed by atoms with van der Waals surface area (Å²) in [6.07, 6.45) is -4.67. The van der Waals surface area contributed by atoms with Gasteiger partial charge in [-0.2, -0.15) is 13.2 Å². The van der Waals surface area contributed by atoms with E-state index in [9.17, 15) is 22.8 Å². The van der Waals surface area contributed by atoms with Gasteiger partial charge >= 0.3 is 12.1 Å². The minimum atomic E-state index is -4.51. The van der Waals surface area contributed by atoms with Gasteiger partial charge in [-0.25, -0.2) is 4.98 Å². The number of hydrogen-bond donors (Lipinski definition) is 1. The summed E-state index contributed by atoms with van der Waals surface area (Å²) in [4.78, 5) is 27.3. The van der Waals surface area contributed by atoms with E-state index in [1.807, 2.05) is 24.3 Å². The average Bonchev–Trinajstić information content (AvgIpc) is 3.06. The molecule has 1 N–H and O–H groups in total. The van der Waals surface area contributed by atoms with E-state index in [2.05, 4.69) is 23.6 Å². The number of benzene rings is 1. The molecule has 0 bridgehead atoms. The topological polar surface area (TPSA) is 68.3 Å². The standard InChI is InChI=1S/C18H19F3N2O3S/c1-11(2)12-3-5-13(6-4-12)17-23-14(9-27-17)7-16(25)26-8-15(24)22-10-18(19,20)21/h3-6,9,11H,7-8,10H2,1-2H3,(H,22,24). The summed E-state index contributed by atoms with van der Waals surface area (Å²) in [5, 5.41) is 4.08. The second kappa shape index (κ2) is 8.98. The summed E-state index contributed by atoms with van der Waals surface area (Å²) in [6.45, 7) is 1.98. The molecule has 1 aromatic heterocycles. The van der Waals surface area contributed by atoms with Gasteiger partial charge in [0, 0.05) is 10.9 Å². The number of carbonyl (C=O) groups excluding carboxylic acids is 2. The zero-order valence-electron chi connectivity index (χ0n) is 14.8. The van der Waals surface area contributed by atoms with Crippen LogP contribution in [-0.2, 0) is 20.7 Å². The van der Waals surface area contributed by atoms with Crippen LogP contribution >= 0.6 is 11.3 Å². The summed E-state index contributed by atoms with van der Waals surface area (Å²) in [5.41, 5.74) is 2.61. The Bertz CT molecular complexity index is 786. The van der Waals surface area contributed by atoms with Crippen LogP contribution in [0.5, 0.6) is 0 Å². The molecular weight excluding hydrogens is 381 g/mol. The Labute approximate surface area is 158 Å². The lowest BCUT2D eigenvalue weighted by Crippen LogP contribution is -2.36. The third-order valence-electron chi connectivity index (χ3n) is 3.55. The number of ether oxygens (including phenoxy) is 1. The van der Waals surface area contributed by atoms with Crippen LogP contribution in [-0.4, -0.2) is 36.2 Å². The number of nitrogens with one attached hydrogen (secondary N) is 1. The summed E-state index contributed by atoms with van der Waals surface area (Å²) in [7, 11) is 0. The molecule has 0 spiro atoms. The van der Waals surface area contributed by atoms with Crippen molar-refractivity contribution in [1.82, 2.24) is 10.3 Å². The van der Waals surface area contributed by atoms with Crippen molar-refractivity contribution in [1.29, 1.82) is 0 Å². The van der Waals surface area contributed by atoms with E-state index in [4.69, 9.17) is 0 Å². The molecule has 2 aromatic rings. The second-order valence-corrected chi connectivity index (χ2v) is 7.01. The smallest absolute Gasteiger partial charge is 0.405 e. The van der Waals surface area contributed by atoms with Crippen molar-refractivity contribution in [3.63, 3.8) is 0 Å². The number of esters is 1. The van der Waals surface area contributed by atoms with Gasteiger partial charge in [-0.15, -0.1) is 11.3 Å². The van der Waals surface area contributed by atoms with Gasteiger partial charge in [0.05, 0.1) is 12.1 Å². The molecular formula is C18H19F3N2O3S. The van der Waals surface area contributed by atoms with Crippen LogP contribution in [0.4, 0.5) is 13.2 Å². The molecule has 5 nitrogen and oxygen atoms in total. The van der Waals surface area contributed by atoms with Gasteiger partial charge in [0.15, 0.2) is 6.61 Å². The third-order valence-corrected chi connectivity index (χ3v) is 4.49. The van der Waals surface area contributed by atoms with Crippen LogP contribution in [0.25, 0.3) is 10.6 Å². The van der Waals surface area contributed by atoms with E-state index < -0.39 is 31.2 Å². The number of amides is 1. The molecule has 146 valence electrons. The van der Waals surface area contributed by atoms with Crippen LogP contribution < -0.4 is 5.32 Å². The third kappa shape index (κ3) is 7.01. The van der Waals surface area contributed by atoms with Gasteiger partial charge in [-0.1, -0.05) is 38.1 Å². The largest absolute Gasteiger partial charge is 0.455 e. The summed E-state index contributed by atoms with van der Waals surface area (Å²) < 4.78 is 40.6. The second-order valence-electron chi connectivity index (χ2n) is 6.15. The van der Waals surface area contributed by atoms with Crippen molar-refractivity contribution in [2.75, 3.05) is 13.2 Å². The summed E-state index contributed by atoms with van der Waals surface area (Å²) in [5.74, 6) is -1.32. The van der Waals surface area contributed by atoms with Crippen molar-refractivity contribution in [2.45, 2.75) is 32.4 Å². The number of hydrogen-bond acceptors (Lipinski definition) is 5. The van der Waals surface area contributed by atoms with Crippen molar-refractivity contribution < 1.29 is 27.5 Å². The van der Waals surface area contributed by atoms with Crippen LogP contribution in [0.2, 0.25) is 0 Å². The number of nitrogens with zero attached hydrogens (tertiary/aromatic N) is 1. The van der Waals surface area contributed by atoms with Gasteiger partial charge in [0.1, 0.15) is 11.6 Å². The highest BCUT2D eigenvalue weighted by molar-refractivity contribution is 7.13. The summed E-state index contributed by atoms with van der Waals surface area (Å²) >= 11 is 1.37. The van der Waals surface area contributed by atoms with E-state index in [0.717, 1.165) is 10.6 Å². The first-order valence-electron chi connectivity index (χ1n) is 8.18. The minimum absolute atomic E-state index is 0.160. The van der Waals surface area contributed by atoms with Crippen molar-refractivity contribution in [2.24, 2.45) is 0 Å². The fraction of sp³-hybridized carbons (Fsp3) is 0.389. The lowest BCUT2D eigenvalue weighted by atomic mass is 10.0. The van der Waals surface area contributed by atoms with E-state index in [0.29, 0.717) is 11.6 Å². The minimum Gasteiger partial charge on any atom is -0.455 e. The van der Waals surface area contributed by atoms with Gasteiger partial charge in [0.25, 0.3) is 5.91 Å². The van der Waals surface area contributed by atoms with Crippen molar-refractivity contribution >= 4 is 23.2 Å². The van der Waals surface area contributed by atoms with Crippen LogP contribution in [0.15, 0.2) is 29.6 Å². The molecule has 1 amide bonds. The molecule has 0 unspecified atom stereocenters. The predicted octanol–water partition coefficient (Wildman–Crippen LogP) is 3.70. The fourth-order valence-electron chi connectivity index (χ4n) is 2.13. The van der Waals surface area contributed by atoms with Gasteiger partial charge in [0.2, 0.25) is 0 Å². The Hall–Kier alpha value is -2.42. The molecule has 0 aliphatic rings. The zero-order chi connectivity index (χ0) is 20.0. The molecule has 1 aromatic carbocycles. The first-order chi connectivity index (χ1) is 12.6. The molecule has 0 saturated carbocycles. The normalized spacial score (nSPS) is 11.5. The van der Waals surface area contributed by atoms with E-state index in [-0.39, 0.29) is 6.42 Å². The fourth-order valence-corrected chi connectivity index (χ4v) is 2.95. The molecule has 0 aliphatic carbocycles. The molecule has 0 saturated heterocycles. The van der Waals surface area contributed by atoms with Crippen molar-refractivity contribution in [3.05, 3.63) is 40.9 Å². The molecule has 27 heavy (non-hydrogen) atoms. The SMILES string of the molecule is CC(C)c1ccc(-c2nc(CC(=O)OCC(=O)NCC(F)(F)F)cs2)cc1. The predicted molar refractivity (Wildman–Crippen MR) is 95.4 cm³/mol. The maximum Gasteiger partial charge on any atom is 0.405 e. The molecule has 0 aliphatic heterocycles. The Balaban J connectivity index is 1.84. The summed E-state index contributed by atoms with van der Waals surface area (Å²) in [6, 6.07) is 7.96. The van der Waals surface area contributed by atoms with E-state index >= 15 is 0 Å². The molecule has 2 rings (SSSR count). The number of rotatable bonds is 7. The average molecular weight is 400 g/mol. The first-order valence-corrected chi connectivity index (χ1v) is 9.06. The lowest BCUT2D eigenvalue weighted by molar-refractivity contribution is -0.150. The first kappa shape index (κ1) is 20.9. The van der Waals surface area contributed by atoms with Gasteiger partial charge in [-0.3, -0.25) is 9.59 Å². The van der Waals surface area contributed by atoms with E-state index in [1.54, 1.807) is 10.7 Å². The maximum atomic E-state index is 12.0. The quantitative estimate of drug-likeness (QED) is 0.720. The lowest BCUT2D eigenvalue weighted by Gasteiger charge is -2.08. The highest BCUT2D eigenvalue weighted by Crippen LogP contribution is 2.26. The Morgan fingerprint density at radius 2 is 1.89 bits per heavy atom. The number of thiazole rings is 1. The van der Waals surface area contributed by atoms with E-state index in [1.165, 1.54) is 16.9 Å². The number of halogens is 3. The Kier molecular flexibility index (Phi) is 6.95. The molecule has 0 radical (unpaired) electrons. The molecule has 0 atom stereocenters. The molecule has 0 fully saturated rings. The van der Waals surface area contributed by atoms with Crippen LogP contribution in [0.1, 0.15) is 31.0 Å². The number of carbonyl (C=O) groups is 2. The van der Waals surface area contributed by atoms with Gasteiger partial charge < -0.3 is 10.1 Å². The maximum absolute atomic E-state index is 12.0. The van der Waals surface area contributed by atoms with Crippen LogP contribution in [0, 0.1) is 0 Å². The Morgan fingerprint density at radius 1 is 1.22 bits per heavy atom. The monoisotopic (exact) mass is 400 g/mol. The Morgan fingerprint density at radius 3 is 2.48 bits per heavy atom. The highest BCUT2D eigenvalue weighted by atomic mass is 32.1.